The highest BCUT2D eigenvalue weighted by atomic mass is 16.2. The number of piperidine rings is 1. The summed E-state index contributed by atoms with van der Waals surface area (Å²) in [5.41, 5.74) is 2.99. The number of fused-ring (bicyclic) bond motifs is 2. The molecule has 2 aliphatic heterocycles. The number of benzene rings is 1. The molecule has 1 N–H and O–H groups in total. The van der Waals surface area contributed by atoms with Crippen LogP contribution in [0.25, 0.3) is 22.2 Å². The van der Waals surface area contributed by atoms with Gasteiger partial charge in [0.2, 0.25) is 11.8 Å². The Kier molecular flexibility index (Phi) is 6.41. The van der Waals surface area contributed by atoms with E-state index in [-0.39, 0.29) is 18.4 Å². The number of amides is 2. The third kappa shape index (κ3) is 4.59. The lowest BCUT2D eigenvalue weighted by molar-refractivity contribution is -0.124. The average Bonchev–Trinajstić information content (AvgIpc) is 3.40. The molecular formula is C26H34N6O2. The van der Waals surface area contributed by atoms with Crippen LogP contribution < -0.4 is 10.2 Å². The number of rotatable bonds is 7. The molecule has 1 fully saturated rings. The van der Waals surface area contributed by atoms with Crippen LogP contribution in [0.1, 0.15) is 32.6 Å². The number of hydrogen-bond donors (Lipinski definition) is 1. The van der Waals surface area contributed by atoms with Gasteiger partial charge in [-0.05, 0) is 44.3 Å². The maximum atomic E-state index is 12.7. The van der Waals surface area contributed by atoms with Crippen LogP contribution in [0.2, 0.25) is 0 Å². The first-order valence-corrected chi connectivity index (χ1v) is 12.4. The zero-order valence-corrected chi connectivity index (χ0v) is 20.2. The highest BCUT2D eigenvalue weighted by Crippen LogP contribution is 2.33. The largest absolute Gasteiger partial charge is 0.354 e. The molecule has 0 radical (unpaired) electrons. The molecule has 0 aliphatic carbocycles. The molecule has 180 valence electrons. The van der Waals surface area contributed by atoms with Gasteiger partial charge in [-0.15, -0.1) is 0 Å². The van der Waals surface area contributed by atoms with Crippen molar-refractivity contribution in [3.05, 3.63) is 36.5 Å². The lowest BCUT2D eigenvalue weighted by atomic mass is 10.0. The number of nitrogens with one attached hydrogen (secondary N) is 1. The van der Waals surface area contributed by atoms with E-state index in [0.717, 1.165) is 54.1 Å². The second kappa shape index (κ2) is 9.62. The summed E-state index contributed by atoms with van der Waals surface area (Å²) in [4.78, 5) is 29.5. The Morgan fingerprint density at radius 2 is 2.09 bits per heavy atom. The van der Waals surface area contributed by atoms with Crippen molar-refractivity contribution >= 4 is 28.5 Å². The Bertz CT molecular complexity index is 1200. The summed E-state index contributed by atoms with van der Waals surface area (Å²) in [5, 5.41) is 8.91. The van der Waals surface area contributed by atoms with Crippen LogP contribution in [0.4, 0.5) is 5.82 Å². The van der Waals surface area contributed by atoms with Crippen molar-refractivity contribution in [2.75, 3.05) is 37.6 Å². The van der Waals surface area contributed by atoms with Gasteiger partial charge in [-0.3, -0.25) is 14.5 Å². The van der Waals surface area contributed by atoms with E-state index in [9.17, 15) is 9.59 Å². The first-order chi connectivity index (χ1) is 16.5. The molecule has 0 bridgehead atoms. The Hall–Kier alpha value is -3.13. The smallest absolute Gasteiger partial charge is 0.240 e. The molecule has 2 aromatic heterocycles. The van der Waals surface area contributed by atoms with Crippen LogP contribution in [0.5, 0.6) is 0 Å². The molecule has 3 aromatic rings. The fraction of sp³-hybridized carbons (Fsp3) is 0.500. The monoisotopic (exact) mass is 462 g/mol. The Balaban J connectivity index is 1.24. The molecule has 34 heavy (non-hydrogen) atoms. The summed E-state index contributed by atoms with van der Waals surface area (Å²) in [6, 6.07) is 10.2. The van der Waals surface area contributed by atoms with Crippen molar-refractivity contribution in [1.82, 2.24) is 24.6 Å². The van der Waals surface area contributed by atoms with Gasteiger partial charge in [0, 0.05) is 55.3 Å². The number of aryl methyl sites for hydroxylation is 2. The molecular weight excluding hydrogens is 428 g/mol. The lowest BCUT2D eigenvalue weighted by Gasteiger charge is -2.30. The number of anilines is 1. The molecule has 2 aliphatic rings. The first kappa shape index (κ1) is 22.7. The topological polar surface area (TPSA) is 75.4 Å². The molecule has 1 unspecified atom stereocenters. The van der Waals surface area contributed by atoms with Gasteiger partial charge >= 0.3 is 0 Å². The Labute approximate surface area is 200 Å². The quantitative estimate of drug-likeness (QED) is 0.548. The van der Waals surface area contributed by atoms with Gasteiger partial charge in [0.25, 0.3) is 0 Å². The second-order valence-corrected chi connectivity index (χ2v) is 9.76. The second-order valence-electron chi connectivity index (χ2n) is 9.76. The van der Waals surface area contributed by atoms with E-state index in [4.69, 9.17) is 5.10 Å². The minimum Gasteiger partial charge on any atom is -0.354 e. The number of aromatic nitrogens is 3. The van der Waals surface area contributed by atoms with Gasteiger partial charge in [-0.25, -0.2) is 4.68 Å². The van der Waals surface area contributed by atoms with Crippen molar-refractivity contribution in [3.8, 4) is 11.3 Å². The molecule has 5 rings (SSSR count). The van der Waals surface area contributed by atoms with Crippen molar-refractivity contribution in [2.45, 2.75) is 39.2 Å². The van der Waals surface area contributed by atoms with Gasteiger partial charge in [-0.1, -0.05) is 25.1 Å². The average molecular weight is 463 g/mol. The van der Waals surface area contributed by atoms with Gasteiger partial charge in [0.05, 0.1) is 12.2 Å². The zero-order valence-electron chi connectivity index (χ0n) is 20.2. The van der Waals surface area contributed by atoms with Crippen LogP contribution in [0.3, 0.4) is 0 Å². The number of likely N-dealkylation sites (tertiary alicyclic amines) is 1. The maximum Gasteiger partial charge on any atom is 0.240 e. The van der Waals surface area contributed by atoms with E-state index in [1.54, 1.807) is 4.90 Å². The van der Waals surface area contributed by atoms with E-state index in [2.05, 4.69) is 40.0 Å². The fourth-order valence-corrected chi connectivity index (χ4v) is 5.32. The summed E-state index contributed by atoms with van der Waals surface area (Å²) in [7, 11) is 2.02. The van der Waals surface area contributed by atoms with Crippen LogP contribution in [0, 0.1) is 5.92 Å². The third-order valence-electron chi connectivity index (χ3n) is 7.06. The first-order valence-electron chi connectivity index (χ1n) is 12.4. The molecule has 8 nitrogen and oxygen atoms in total. The van der Waals surface area contributed by atoms with Crippen LogP contribution in [-0.2, 0) is 23.2 Å². The summed E-state index contributed by atoms with van der Waals surface area (Å²) in [6.45, 7) is 6.81. The maximum absolute atomic E-state index is 12.7. The molecule has 1 atom stereocenters. The summed E-state index contributed by atoms with van der Waals surface area (Å²) >= 11 is 0. The van der Waals surface area contributed by atoms with Crippen molar-refractivity contribution in [2.24, 2.45) is 13.0 Å². The molecule has 4 heterocycles. The molecule has 8 heteroatoms. The molecule has 1 saturated heterocycles. The lowest BCUT2D eigenvalue weighted by Crippen LogP contribution is -2.45. The van der Waals surface area contributed by atoms with Crippen molar-refractivity contribution in [3.63, 3.8) is 0 Å². The number of nitrogens with zero attached hydrogens (tertiary/aromatic N) is 5. The number of carbonyl (C=O) groups excluding carboxylic acids is 2. The predicted molar refractivity (Wildman–Crippen MR) is 134 cm³/mol. The summed E-state index contributed by atoms with van der Waals surface area (Å²) in [6.07, 6.45) is 5.93. The molecule has 2 amide bonds. The molecule has 0 spiro atoms. The van der Waals surface area contributed by atoms with Gasteiger partial charge in [0.15, 0.2) is 0 Å². The van der Waals surface area contributed by atoms with E-state index in [1.807, 2.05) is 29.9 Å². The van der Waals surface area contributed by atoms with Gasteiger partial charge in [0.1, 0.15) is 12.4 Å². The minimum absolute atomic E-state index is 0.0280. The fourth-order valence-electron chi connectivity index (χ4n) is 5.32. The standard InChI is InChI=1S/C26H34N6O2/c1-19-7-5-12-30(16-19)13-6-11-27-24(33)18-31-25-15-22(28-32(25)14-10-26(31)34)21-17-29(2)23-9-4-3-8-20(21)23/h3-4,8-9,15,17,19H,5-7,10-14,16,18H2,1-2H3,(H,27,33). The van der Waals surface area contributed by atoms with E-state index in [1.165, 1.54) is 12.8 Å². The van der Waals surface area contributed by atoms with Crippen molar-refractivity contribution in [1.29, 1.82) is 0 Å². The number of carbonyl (C=O) groups is 2. The van der Waals surface area contributed by atoms with E-state index >= 15 is 0 Å². The van der Waals surface area contributed by atoms with Crippen LogP contribution >= 0.6 is 0 Å². The number of para-hydroxylation sites is 1. The Morgan fingerprint density at radius 3 is 2.94 bits per heavy atom. The SMILES string of the molecule is CC1CCCN(CCCNC(=O)CN2C(=O)CCn3nc(-c4cn(C)c5ccccc45)cc32)C1. The highest BCUT2D eigenvalue weighted by Gasteiger charge is 2.28. The van der Waals surface area contributed by atoms with Crippen molar-refractivity contribution < 1.29 is 9.59 Å². The predicted octanol–water partition coefficient (Wildman–Crippen LogP) is 3.02. The Morgan fingerprint density at radius 1 is 1.24 bits per heavy atom. The highest BCUT2D eigenvalue weighted by molar-refractivity contribution is 6.00. The summed E-state index contributed by atoms with van der Waals surface area (Å²) in [5.74, 6) is 1.30. The zero-order chi connectivity index (χ0) is 23.7. The number of hydrogen-bond acceptors (Lipinski definition) is 4. The van der Waals surface area contributed by atoms with Crippen LogP contribution in [0.15, 0.2) is 36.5 Å². The normalized spacial score (nSPS) is 18.9. The summed E-state index contributed by atoms with van der Waals surface area (Å²) < 4.78 is 3.94. The van der Waals surface area contributed by atoms with Crippen LogP contribution in [-0.4, -0.2) is 63.8 Å². The molecule has 1 aromatic carbocycles. The van der Waals surface area contributed by atoms with E-state index in [0.29, 0.717) is 25.3 Å². The van der Waals surface area contributed by atoms with E-state index < -0.39 is 0 Å². The molecule has 0 saturated carbocycles. The minimum atomic E-state index is -0.123. The van der Waals surface area contributed by atoms with Gasteiger partial charge in [-0.2, -0.15) is 5.10 Å². The third-order valence-corrected chi connectivity index (χ3v) is 7.06. The van der Waals surface area contributed by atoms with Gasteiger partial charge < -0.3 is 14.8 Å².